The lowest BCUT2D eigenvalue weighted by Gasteiger charge is -2.01. The SMILES string of the molecule is O=C1C=CC=CC1C=[NH+]c1ccccc1. The molecule has 1 aliphatic rings. The molecule has 0 radical (unpaired) electrons. The smallest absolute Gasteiger partial charge is 0.203 e. The summed E-state index contributed by atoms with van der Waals surface area (Å²) >= 11 is 0. The van der Waals surface area contributed by atoms with Crippen molar-refractivity contribution in [1.82, 2.24) is 0 Å². The third kappa shape index (κ3) is 2.50. The Morgan fingerprint density at radius 2 is 1.93 bits per heavy atom. The molecule has 2 rings (SSSR count). The highest BCUT2D eigenvalue weighted by molar-refractivity contribution is 6.03. The molecule has 0 fully saturated rings. The fraction of sp³-hybridized carbons (Fsp3) is 0.0769. The van der Waals surface area contributed by atoms with Gasteiger partial charge in [-0.1, -0.05) is 36.4 Å². The van der Waals surface area contributed by atoms with Gasteiger partial charge in [0.05, 0.1) is 0 Å². The highest BCUT2D eigenvalue weighted by atomic mass is 16.1. The summed E-state index contributed by atoms with van der Waals surface area (Å²) in [5.74, 6) is -0.0452. The molecule has 2 heteroatoms. The normalized spacial score (nSPS) is 20.0. The van der Waals surface area contributed by atoms with Crippen LogP contribution in [0.2, 0.25) is 0 Å². The Morgan fingerprint density at radius 3 is 2.67 bits per heavy atom. The summed E-state index contributed by atoms with van der Waals surface area (Å²) in [5.41, 5.74) is 0.994. The number of carbonyl (C=O) groups is 1. The van der Waals surface area contributed by atoms with Crippen molar-refractivity contribution in [3.05, 3.63) is 54.6 Å². The highest BCUT2D eigenvalue weighted by Crippen LogP contribution is 2.03. The van der Waals surface area contributed by atoms with E-state index in [4.69, 9.17) is 0 Å². The molecule has 1 aromatic rings. The maximum absolute atomic E-state index is 11.4. The summed E-state index contributed by atoms with van der Waals surface area (Å²) in [6.45, 7) is 0. The lowest BCUT2D eigenvalue weighted by Crippen LogP contribution is -2.63. The molecule has 74 valence electrons. The van der Waals surface area contributed by atoms with Crippen LogP contribution in [0.15, 0.2) is 54.6 Å². The number of nitrogens with one attached hydrogen (secondary N) is 1. The fourth-order valence-electron chi connectivity index (χ4n) is 1.40. The second-order valence-corrected chi connectivity index (χ2v) is 3.35. The Balaban J connectivity index is 2.09. The number of carbonyl (C=O) groups excluding carboxylic acids is 1. The molecule has 2 nitrogen and oxygen atoms in total. The van der Waals surface area contributed by atoms with Crippen LogP contribution >= 0.6 is 0 Å². The van der Waals surface area contributed by atoms with Crippen molar-refractivity contribution in [2.45, 2.75) is 0 Å². The van der Waals surface area contributed by atoms with E-state index in [1.165, 1.54) is 0 Å². The van der Waals surface area contributed by atoms with Crippen LogP contribution in [0, 0.1) is 5.92 Å². The molecule has 1 unspecified atom stereocenters. The standard InChI is InChI=1S/C13H11NO/c15-13-9-5-4-6-11(13)10-14-12-7-2-1-3-8-12/h1-11H/p+1. The number of hydrogen-bond donors (Lipinski definition) is 1. The molecule has 0 spiro atoms. The second-order valence-electron chi connectivity index (χ2n) is 3.35. The van der Waals surface area contributed by atoms with E-state index in [0.717, 1.165) is 5.69 Å². The molecule has 1 aromatic carbocycles. The molecule has 0 saturated heterocycles. The van der Waals surface area contributed by atoms with Crippen molar-refractivity contribution in [1.29, 1.82) is 0 Å². The summed E-state index contributed by atoms with van der Waals surface area (Å²) in [6, 6.07) is 9.79. The summed E-state index contributed by atoms with van der Waals surface area (Å²) in [6.07, 6.45) is 8.91. The molecule has 0 amide bonds. The first-order valence-corrected chi connectivity index (χ1v) is 4.90. The number of rotatable bonds is 2. The molecule has 1 N–H and O–H groups in total. The van der Waals surface area contributed by atoms with E-state index in [-0.39, 0.29) is 11.7 Å². The second kappa shape index (κ2) is 4.51. The van der Waals surface area contributed by atoms with E-state index < -0.39 is 0 Å². The van der Waals surface area contributed by atoms with E-state index >= 15 is 0 Å². The van der Waals surface area contributed by atoms with E-state index in [2.05, 4.69) is 4.99 Å². The number of para-hydroxylation sites is 1. The Kier molecular flexibility index (Phi) is 2.88. The molecular formula is C13H12NO+. The number of benzene rings is 1. The minimum absolute atomic E-state index is 0.112. The molecular weight excluding hydrogens is 186 g/mol. The molecule has 15 heavy (non-hydrogen) atoms. The van der Waals surface area contributed by atoms with Gasteiger partial charge in [-0.2, -0.15) is 0 Å². The molecule has 0 saturated carbocycles. The molecule has 1 aliphatic carbocycles. The summed E-state index contributed by atoms with van der Waals surface area (Å²) < 4.78 is 0. The summed E-state index contributed by atoms with van der Waals surface area (Å²) in [5, 5.41) is 0. The van der Waals surface area contributed by atoms with Gasteiger partial charge in [0.15, 0.2) is 12.0 Å². The van der Waals surface area contributed by atoms with Gasteiger partial charge in [0, 0.05) is 12.1 Å². The Labute approximate surface area is 88.7 Å². The van der Waals surface area contributed by atoms with Crippen molar-refractivity contribution >= 4 is 17.7 Å². The van der Waals surface area contributed by atoms with Crippen LogP contribution in [0.25, 0.3) is 0 Å². The Bertz CT molecular complexity index is 429. The zero-order valence-electron chi connectivity index (χ0n) is 8.26. The van der Waals surface area contributed by atoms with E-state index in [0.29, 0.717) is 0 Å². The van der Waals surface area contributed by atoms with E-state index in [1.54, 1.807) is 18.4 Å². The molecule has 1 atom stereocenters. The van der Waals surface area contributed by atoms with Crippen LogP contribution in [0.1, 0.15) is 0 Å². The van der Waals surface area contributed by atoms with Crippen LogP contribution < -0.4 is 4.99 Å². The lowest BCUT2D eigenvalue weighted by atomic mass is 10.0. The van der Waals surface area contributed by atoms with Gasteiger partial charge in [-0.05, 0) is 6.08 Å². The van der Waals surface area contributed by atoms with E-state index in [9.17, 15) is 4.79 Å². The predicted molar refractivity (Wildman–Crippen MR) is 59.9 cm³/mol. The Hall–Kier alpha value is -1.96. The monoisotopic (exact) mass is 198 g/mol. The minimum Gasteiger partial charge on any atom is -0.294 e. The summed E-state index contributed by atoms with van der Waals surface area (Å²) in [7, 11) is 0. The molecule has 0 aliphatic heterocycles. The number of allylic oxidation sites excluding steroid dienone is 4. The quantitative estimate of drug-likeness (QED) is 0.699. The van der Waals surface area contributed by atoms with Crippen molar-refractivity contribution in [2.75, 3.05) is 0 Å². The minimum atomic E-state index is -0.157. The maximum Gasteiger partial charge on any atom is 0.203 e. The van der Waals surface area contributed by atoms with Gasteiger partial charge >= 0.3 is 0 Å². The van der Waals surface area contributed by atoms with Crippen molar-refractivity contribution < 1.29 is 9.79 Å². The van der Waals surface area contributed by atoms with Crippen LogP contribution in [0.3, 0.4) is 0 Å². The first-order valence-electron chi connectivity index (χ1n) is 4.90. The average Bonchev–Trinajstić information content (AvgIpc) is 2.29. The summed E-state index contributed by atoms with van der Waals surface area (Å²) in [4.78, 5) is 14.5. The van der Waals surface area contributed by atoms with Crippen molar-refractivity contribution in [3.63, 3.8) is 0 Å². The van der Waals surface area contributed by atoms with Gasteiger partial charge in [-0.25, -0.2) is 4.99 Å². The maximum atomic E-state index is 11.4. The largest absolute Gasteiger partial charge is 0.294 e. The molecule has 0 bridgehead atoms. The van der Waals surface area contributed by atoms with Crippen molar-refractivity contribution in [2.24, 2.45) is 5.92 Å². The topological polar surface area (TPSA) is 31.0 Å². The zero-order valence-corrected chi connectivity index (χ0v) is 8.26. The van der Waals surface area contributed by atoms with Crippen LogP contribution in [-0.2, 0) is 4.79 Å². The lowest BCUT2D eigenvalue weighted by molar-refractivity contribution is -0.349. The Morgan fingerprint density at radius 1 is 1.13 bits per heavy atom. The third-order valence-corrected chi connectivity index (χ3v) is 2.22. The van der Waals surface area contributed by atoms with Crippen LogP contribution in [0.4, 0.5) is 5.69 Å². The number of hydrogen-bond acceptors (Lipinski definition) is 1. The van der Waals surface area contributed by atoms with E-state index in [1.807, 2.05) is 42.5 Å². The van der Waals surface area contributed by atoms with Gasteiger partial charge < -0.3 is 0 Å². The van der Waals surface area contributed by atoms with Gasteiger partial charge in [0.2, 0.25) is 5.69 Å². The zero-order chi connectivity index (χ0) is 10.5. The van der Waals surface area contributed by atoms with Gasteiger partial charge in [-0.15, -0.1) is 0 Å². The first kappa shape index (κ1) is 9.59. The molecule has 0 heterocycles. The first-order chi connectivity index (χ1) is 7.36. The number of ketones is 1. The van der Waals surface area contributed by atoms with Crippen molar-refractivity contribution in [3.8, 4) is 0 Å². The highest BCUT2D eigenvalue weighted by Gasteiger charge is 2.14. The van der Waals surface area contributed by atoms with Gasteiger partial charge in [0.25, 0.3) is 0 Å². The van der Waals surface area contributed by atoms with Crippen LogP contribution in [0.5, 0.6) is 0 Å². The van der Waals surface area contributed by atoms with Crippen LogP contribution in [-0.4, -0.2) is 12.0 Å². The average molecular weight is 198 g/mol. The predicted octanol–water partition coefficient (Wildman–Crippen LogP) is 0.781. The molecule has 0 aromatic heterocycles. The van der Waals surface area contributed by atoms with Gasteiger partial charge in [-0.3, -0.25) is 4.79 Å². The third-order valence-electron chi connectivity index (χ3n) is 2.22. The van der Waals surface area contributed by atoms with Gasteiger partial charge in [0.1, 0.15) is 5.92 Å². The fourth-order valence-corrected chi connectivity index (χ4v) is 1.40.